The molecule has 1 heterocycles. The monoisotopic (exact) mass is 410 g/mol. The van der Waals surface area contributed by atoms with Crippen molar-refractivity contribution in [1.29, 1.82) is 0 Å². The quantitative estimate of drug-likeness (QED) is 0.569. The highest BCUT2D eigenvalue weighted by Gasteiger charge is 2.20. The Kier molecular flexibility index (Phi) is 6.58. The molecular formula is C27H26N2O2. The van der Waals surface area contributed by atoms with E-state index >= 15 is 0 Å². The molecule has 4 heteroatoms. The van der Waals surface area contributed by atoms with Gasteiger partial charge in [0.15, 0.2) is 0 Å². The van der Waals surface area contributed by atoms with Crippen LogP contribution >= 0.6 is 0 Å². The molecule has 0 aliphatic carbocycles. The first-order chi connectivity index (χ1) is 15.2. The molecule has 1 N–H and O–H groups in total. The topological polar surface area (TPSA) is 49.4 Å². The number of amides is 2. The molecule has 0 atom stereocenters. The van der Waals surface area contributed by atoms with Crippen molar-refractivity contribution in [1.82, 2.24) is 10.2 Å². The van der Waals surface area contributed by atoms with E-state index in [1.165, 1.54) is 0 Å². The highest BCUT2D eigenvalue weighted by atomic mass is 16.2. The summed E-state index contributed by atoms with van der Waals surface area (Å²) in [6.45, 7) is 1.85. The van der Waals surface area contributed by atoms with E-state index in [9.17, 15) is 9.59 Å². The predicted molar refractivity (Wildman–Crippen MR) is 124 cm³/mol. The average molecular weight is 411 g/mol. The number of likely N-dealkylation sites (tertiary alicyclic amines) is 1. The number of carbonyl (C=O) groups is 2. The van der Waals surface area contributed by atoms with E-state index in [4.69, 9.17) is 0 Å². The highest BCUT2D eigenvalue weighted by molar-refractivity contribution is 5.91. The third-order valence-corrected chi connectivity index (χ3v) is 5.52. The van der Waals surface area contributed by atoms with Gasteiger partial charge in [0.2, 0.25) is 11.8 Å². The van der Waals surface area contributed by atoms with E-state index in [1.54, 1.807) is 6.08 Å². The van der Waals surface area contributed by atoms with Crippen LogP contribution in [0.1, 0.15) is 29.5 Å². The standard InChI is InChI=1S/C27H26N2O2/c30-26(16-15-21-8-6-13-23(18-21)22-9-2-1-3-10-22)28-19-24-11-4-5-12-25(24)20-29-17-7-14-27(29)31/h1-6,8-13,15-16,18H,7,14,17,19-20H2,(H,28,30)/b16-15+. The Balaban J connectivity index is 1.37. The van der Waals surface area contributed by atoms with Gasteiger partial charge in [0.05, 0.1) is 0 Å². The summed E-state index contributed by atoms with van der Waals surface area (Å²) in [6, 6.07) is 26.3. The summed E-state index contributed by atoms with van der Waals surface area (Å²) in [6.07, 6.45) is 4.95. The van der Waals surface area contributed by atoms with Crippen molar-refractivity contribution in [3.05, 3.63) is 102 Å². The van der Waals surface area contributed by atoms with E-state index in [-0.39, 0.29) is 11.8 Å². The van der Waals surface area contributed by atoms with Crippen molar-refractivity contribution in [2.24, 2.45) is 0 Å². The van der Waals surface area contributed by atoms with Gasteiger partial charge in [-0.15, -0.1) is 0 Å². The number of carbonyl (C=O) groups excluding carboxylic acids is 2. The zero-order valence-electron chi connectivity index (χ0n) is 17.5. The van der Waals surface area contributed by atoms with Crippen molar-refractivity contribution in [2.75, 3.05) is 6.54 Å². The maximum atomic E-state index is 12.4. The van der Waals surface area contributed by atoms with Gasteiger partial charge in [0.25, 0.3) is 0 Å². The van der Waals surface area contributed by atoms with E-state index < -0.39 is 0 Å². The van der Waals surface area contributed by atoms with Gasteiger partial charge in [-0.2, -0.15) is 0 Å². The molecule has 0 saturated carbocycles. The third-order valence-electron chi connectivity index (χ3n) is 5.52. The zero-order valence-corrected chi connectivity index (χ0v) is 17.5. The minimum absolute atomic E-state index is 0.142. The second-order valence-corrected chi connectivity index (χ2v) is 7.73. The molecule has 1 fully saturated rings. The number of rotatable bonds is 7. The number of hydrogen-bond acceptors (Lipinski definition) is 2. The molecule has 31 heavy (non-hydrogen) atoms. The molecule has 0 bridgehead atoms. The molecule has 3 aromatic carbocycles. The van der Waals surface area contributed by atoms with Gasteiger partial charge in [0, 0.05) is 32.1 Å². The fraction of sp³-hybridized carbons (Fsp3) is 0.185. The number of nitrogens with one attached hydrogen (secondary N) is 1. The molecule has 0 radical (unpaired) electrons. The van der Waals surface area contributed by atoms with Crippen LogP contribution in [0.4, 0.5) is 0 Å². The van der Waals surface area contributed by atoms with Gasteiger partial charge in [0.1, 0.15) is 0 Å². The van der Waals surface area contributed by atoms with Crippen LogP contribution in [0.5, 0.6) is 0 Å². The minimum atomic E-state index is -0.142. The van der Waals surface area contributed by atoms with Gasteiger partial charge in [-0.3, -0.25) is 9.59 Å². The van der Waals surface area contributed by atoms with Crippen LogP contribution in [0, 0.1) is 0 Å². The fourth-order valence-corrected chi connectivity index (χ4v) is 3.83. The molecule has 0 aromatic heterocycles. The lowest BCUT2D eigenvalue weighted by Gasteiger charge is -2.18. The summed E-state index contributed by atoms with van der Waals surface area (Å²) in [5.41, 5.74) is 5.36. The van der Waals surface area contributed by atoms with Gasteiger partial charge >= 0.3 is 0 Å². The van der Waals surface area contributed by atoms with Crippen molar-refractivity contribution in [2.45, 2.75) is 25.9 Å². The lowest BCUT2D eigenvalue weighted by Crippen LogP contribution is -2.26. The Morgan fingerprint density at radius 3 is 2.42 bits per heavy atom. The summed E-state index contributed by atoms with van der Waals surface area (Å²) < 4.78 is 0. The van der Waals surface area contributed by atoms with E-state index in [1.807, 2.05) is 65.6 Å². The lowest BCUT2D eigenvalue weighted by atomic mass is 10.0. The van der Waals surface area contributed by atoms with E-state index in [0.717, 1.165) is 40.8 Å². The van der Waals surface area contributed by atoms with E-state index in [0.29, 0.717) is 19.5 Å². The summed E-state index contributed by atoms with van der Waals surface area (Å²) in [4.78, 5) is 26.2. The van der Waals surface area contributed by atoms with Gasteiger partial charge in [-0.1, -0.05) is 72.8 Å². The lowest BCUT2D eigenvalue weighted by molar-refractivity contribution is -0.128. The molecule has 4 nitrogen and oxygen atoms in total. The molecule has 4 rings (SSSR count). The van der Waals surface area contributed by atoms with Crippen molar-refractivity contribution < 1.29 is 9.59 Å². The number of nitrogens with zero attached hydrogens (tertiary/aromatic N) is 1. The molecule has 2 amide bonds. The second kappa shape index (κ2) is 9.90. The van der Waals surface area contributed by atoms with Crippen LogP contribution in [0.3, 0.4) is 0 Å². The SMILES string of the molecule is O=C(/C=C/c1cccc(-c2ccccc2)c1)NCc1ccccc1CN1CCCC1=O. The van der Waals surface area contributed by atoms with Gasteiger partial charge < -0.3 is 10.2 Å². The predicted octanol–water partition coefficient (Wildman–Crippen LogP) is 4.81. The summed E-state index contributed by atoms with van der Waals surface area (Å²) in [7, 11) is 0. The molecule has 1 aliphatic heterocycles. The Bertz CT molecular complexity index is 1090. The van der Waals surface area contributed by atoms with Crippen LogP contribution in [-0.2, 0) is 22.7 Å². The van der Waals surface area contributed by atoms with Crippen molar-refractivity contribution in [3.63, 3.8) is 0 Å². The van der Waals surface area contributed by atoms with Crippen LogP contribution in [-0.4, -0.2) is 23.3 Å². The average Bonchev–Trinajstić information content (AvgIpc) is 3.22. The Hall–Kier alpha value is -3.66. The van der Waals surface area contributed by atoms with Gasteiger partial charge in [-0.25, -0.2) is 0 Å². The maximum Gasteiger partial charge on any atom is 0.244 e. The molecule has 1 saturated heterocycles. The van der Waals surface area contributed by atoms with Crippen LogP contribution in [0.2, 0.25) is 0 Å². The number of hydrogen-bond donors (Lipinski definition) is 1. The first-order valence-electron chi connectivity index (χ1n) is 10.6. The molecule has 1 aliphatic rings. The first kappa shape index (κ1) is 20.6. The van der Waals surface area contributed by atoms with Gasteiger partial charge in [-0.05, 0) is 46.4 Å². The molecule has 0 unspecified atom stereocenters. The Morgan fingerprint density at radius 2 is 1.65 bits per heavy atom. The minimum Gasteiger partial charge on any atom is -0.348 e. The van der Waals surface area contributed by atoms with Crippen LogP contribution in [0.15, 0.2) is 84.9 Å². The summed E-state index contributed by atoms with van der Waals surface area (Å²) in [5, 5.41) is 2.96. The third kappa shape index (κ3) is 5.48. The maximum absolute atomic E-state index is 12.4. The smallest absolute Gasteiger partial charge is 0.244 e. The van der Waals surface area contributed by atoms with Crippen molar-refractivity contribution >= 4 is 17.9 Å². The first-order valence-corrected chi connectivity index (χ1v) is 10.6. The van der Waals surface area contributed by atoms with Crippen molar-refractivity contribution in [3.8, 4) is 11.1 Å². The van der Waals surface area contributed by atoms with E-state index in [2.05, 4.69) is 29.6 Å². The summed E-state index contributed by atoms with van der Waals surface area (Å²) in [5.74, 6) is 0.0664. The highest BCUT2D eigenvalue weighted by Crippen LogP contribution is 2.21. The van der Waals surface area contributed by atoms with Crippen LogP contribution < -0.4 is 5.32 Å². The second-order valence-electron chi connectivity index (χ2n) is 7.73. The Morgan fingerprint density at radius 1 is 0.903 bits per heavy atom. The summed E-state index contributed by atoms with van der Waals surface area (Å²) >= 11 is 0. The number of benzene rings is 3. The zero-order chi connectivity index (χ0) is 21.5. The van der Waals surface area contributed by atoms with Crippen LogP contribution in [0.25, 0.3) is 17.2 Å². The Labute approximate surface area is 183 Å². The molecular weight excluding hydrogens is 384 g/mol. The largest absolute Gasteiger partial charge is 0.348 e. The normalized spacial score (nSPS) is 13.7. The molecule has 156 valence electrons. The molecule has 3 aromatic rings. The molecule has 0 spiro atoms. The fourth-order valence-electron chi connectivity index (χ4n) is 3.83.